The van der Waals surface area contributed by atoms with Crippen LogP contribution in [0.1, 0.15) is 40.0 Å². The Morgan fingerprint density at radius 1 is 1.44 bits per heavy atom. The molecule has 9 heavy (non-hydrogen) atoms. The molecule has 54 valence electrons. The van der Waals surface area contributed by atoms with Crippen LogP contribution in [-0.4, -0.2) is 5.71 Å². The molecule has 0 aliphatic carbocycles. The second-order valence-corrected chi connectivity index (χ2v) is 2.58. The van der Waals surface area contributed by atoms with Gasteiger partial charge in [0.05, 0.1) is 0 Å². The first-order chi connectivity index (χ1) is 4.22. The van der Waals surface area contributed by atoms with Crippen LogP contribution in [0.15, 0.2) is 0 Å². The highest BCUT2D eigenvalue weighted by Crippen LogP contribution is 2.10. The molecule has 0 aromatic carbocycles. The van der Waals surface area contributed by atoms with Gasteiger partial charge in [0.25, 0.3) is 0 Å². The van der Waals surface area contributed by atoms with E-state index in [9.17, 15) is 0 Å². The zero-order chi connectivity index (χ0) is 7.28. The summed E-state index contributed by atoms with van der Waals surface area (Å²) in [4.78, 5) is 0. The summed E-state index contributed by atoms with van der Waals surface area (Å²) in [6.07, 6.45) is 3.52. The summed E-state index contributed by atoms with van der Waals surface area (Å²) in [7, 11) is 0. The van der Waals surface area contributed by atoms with Gasteiger partial charge in [-0.3, -0.25) is 0 Å². The molecular formula is C8H17N. The normalized spacial score (nSPS) is 13.2. The van der Waals surface area contributed by atoms with E-state index in [-0.39, 0.29) is 0 Å². The number of hydrogen-bond acceptors (Lipinski definition) is 1. The van der Waals surface area contributed by atoms with Crippen molar-refractivity contribution in [2.24, 2.45) is 5.92 Å². The summed E-state index contributed by atoms with van der Waals surface area (Å²) in [6, 6.07) is 0. The van der Waals surface area contributed by atoms with E-state index in [0.717, 1.165) is 12.1 Å². The van der Waals surface area contributed by atoms with Gasteiger partial charge in [0.2, 0.25) is 0 Å². The molecule has 0 aromatic heterocycles. The van der Waals surface area contributed by atoms with E-state index in [4.69, 9.17) is 5.41 Å². The van der Waals surface area contributed by atoms with Crippen molar-refractivity contribution in [2.45, 2.75) is 40.0 Å². The van der Waals surface area contributed by atoms with E-state index in [1.165, 1.54) is 12.8 Å². The Morgan fingerprint density at radius 3 is 2.11 bits per heavy atom. The van der Waals surface area contributed by atoms with Crippen molar-refractivity contribution < 1.29 is 0 Å². The van der Waals surface area contributed by atoms with Crippen LogP contribution < -0.4 is 0 Å². The average Bonchev–Trinajstić information content (AvgIpc) is 1.82. The molecule has 0 amide bonds. The van der Waals surface area contributed by atoms with Crippen LogP contribution in [0.2, 0.25) is 0 Å². The van der Waals surface area contributed by atoms with Gasteiger partial charge in [-0.25, -0.2) is 0 Å². The van der Waals surface area contributed by atoms with Crippen molar-refractivity contribution in [3.8, 4) is 0 Å². The predicted molar refractivity (Wildman–Crippen MR) is 42.1 cm³/mol. The van der Waals surface area contributed by atoms with Crippen LogP contribution in [0.25, 0.3) is 0 Å². The Morgan fingerprint density at radius 2 is 2.00 bits per heavy atom. The SMILES string of the molecule is CCCC(CC)C(C)=N. The predicted octanol–water partition coefficient (Wildman–Crippen LogP) is 2.85. The highest BCUT2D eigenvalue weighted by molar-refractivity contribution is 5.81. The van der Waals surface area contributed by atoms with Crippen LogP contribution in [-0.2, 0) is 0 Å². The molecule has 0 saturated carbocycles. The maximum Gasteiger partial charge on any atom is 0.00890 e. The lowest BCUT2D eigenvalue weighted by atomic mass is 9.96. The van der Waals surface area contributed by atoms with Gasteiger partial charge in [0.15, 0.2) is 0 Å². The Hall–Kier alpha value is -0.330. The summed E-state index contributed by atoms with van der Waals surface area (Å²) in [5.41, 5.74) is 0.847. The van der Waals surface area contributed by atoms with Crippen LogP contribution >= 0.6 is 0 Å². The lowest BCUT2D eigenvalue weighted by Gasteiger charge is -2.10. The van der Waals surface area contributed by atoms with E-state index in [1.54, 1.807) is 0 Å². The van der Waals surface area contributed by atoms with Crippen molar-refractivity contribution in [2.75, 3.05) is 0 Å². The quantitative estimate of drug-likeness (QED) is 0.561. The molecule has 0 heterocycles. The van der Waals surface area contributed by atoms with Crippen molar-refractivity contribution in [3.63, 3.8) is 0 Å². The third kappa shape index (κ3) is 3.28. The lowest BCUT2D eigenvalue weighted by molar-refractivity contribution is 0.590. The Bertz CT molecular complexity index is 86.6. The highest BCUT2D eigenvalue weighted by Gasteiger charge is 2.05. The number of rotatable bonds is 4. The molecule has 1 atom stereocenters. The van der Waals surface area contributed by atoms with Crippen LogP contribution in [0.4, 0.5) is 0 Å². The molecule has 0 aliphatic rings. The minimum atomic E-state index is 0.551. The van der Waals surface area contributed by atoms with Gasteiger partial charge < -0.3 is 5.41 Å². The second-order valence-electron chi connectivity index (χ2n) is 2.58. The molecule has 0 saturated heterocycles. The van der Waals surface area contributed by atoms with Gasteiger partial charge in [-0.15, -0.1) is 0 Å². The van der Waals surface area contributed by atoms with Crippen molar-refractivity contribution in [3.05, 3.63) is 0 Å². The fourth-order valence-corrected chi connectivity index (χ4v) is 1.08. The van der Waals surface area contributed by atoms with Gasteiger partial charge >= 0.3 is 0 Å². The third-order valence-corrected chi connectivity index (χ3v) is 1.74. The standard InChI is InChI=1S/C8H17N/c1-4-6-8(5-2)7(3)9/h8-9H,4-6H2,1-3H3. The van der Waals surface area contributed by atoms with Gasteiger partial charge in [-0.05, 0) is 25.7 Å². The summed E-state index contributed by atoms with van der Waals surface area (Å²) < 4.78 is 0. The van der Waals surface area contributed by atoms with Crippen molar-refractivity contribution in [1.29, 1.82) is 5.41 Å². The topological polar surface area (TPSA) is 23.9 Å². The zero-order valence-electron chi connectivity index (χ0n) is 6.70. The Kier molecular flexibility index (Phi) is 4.37. The minimum absolute atomic E-state index is 0.551. The van der Waals surface area contributed by atoms with E-state index in [1.807, 2.05) is 6.92 Å². The van der Waals surface area contributed by atoms with Gasteiger partial charge in [0.1, 0.15) is 0 Å². The summed E-state index contributed by atoms with van der Waals surface area (Å²) in [6.45, 7) is 6.23. The van der Waals surface area contributed by atoms with E-state index in [0.29, 0.717) is 5.92 Å². The van der Waals surface area contributed by atoms with Gasteiger partial charge in [-0.1, -0.05) is 20.3 Å². The molecular weight excluding hydrogens is 110 g/mol. The molecule has 1 nitrogen and oxygen atoms in total. The average molecular weight is 127 g/mol. The molecule has 0 radical (unpaired) electrons. The third-order valence-electron chi connectivity index (χ3n) is 1.74. The summed E-state index contributed by atoms with van der Waals surface area (Å²) in [5, 5.41) is 7.35. The lowest BCUT2D eigenvalue weighted by Crippen LogP contribution is -2.07. The number of hydrogen-bond donors (Lipinski definition) is 1. The number of nitrogens with one attached hydrogen (secondary N) is 1. The molecule has 0 aliphatic heterocycles. The largest absolute Gasteiger partial charge is 0.310 e. The summed E-state index contributed by atoms with van der Waals surface area (Å²) >= 11 is 0. The first-order valence-electron chi connectivity index (χ1n) is 3.77. The van der Waals surface area contributed by atoms with E-state index >= 15 is 0 Å². The van der Waals surface area contributed by atoms with Crippen molar-refractivity contribution in [1.82, 2.24) is 0 Å². The first kappa shape index (κ1) is 8.67. The van der Waals surface area contributed by atoms with Gasteiger partial charge in [-0.2, -0.15) is 0 Å². The Balaban J connectivity index is 3.54. The summed E-state index contributed by atoms with van der Waals surface area (Å²) in [5.74, 6) is 0.551. The second kappa shape index (κ2) is 4.54. The molecule has 0 fully saturated rings. The molecule has 0 spiro atoms. The van der Waals surface area contributed by atoms with Crippen molar-refractivity contribution >= 4 is 5.71 Å². The van der Waals surface area contributed by atoms with E-state index < -0.39 is 0 Å². The molecule has 0 rings (SSSR count). The minimum Gasteiger partial charge on any atom is -0.310 e. The first-order valence-corrected chi connectivity index (χ1v) is 3.77. The molecule has 1 N–H and O–H groups in total. The monoisotopic (exact) mass is 127 g/mol. The Labute approximate surface area is 58.0 Å². The van der Waals surface area contributed by atoms with E-state index in [2.05, 4.69) is 13.8 Å². The maximum atomic E-state index is 7.35. The fourth-order valence-electron chi connectivity index (χ4n) is 1.08. The van der Waals surface area contributed by atoms with Gasteiger partial charge in [0, 0.05) is 5.71 Å². The van der Waals surface area contributed by atoms with Crippen LogP contribution in [0.5, 0.6) is 0 Å². The molecule has 1 heteroatoms. The molecule has 0 bridgehead atoms. The zero-order valence-corrected chi connectivity index (χ0v) is 6.70. The van der Waals surface area contributed by atoms with Crippen LogP contribution in [0.3, 0.4) is 0 Å². The molecule has 1 unspecified atom stereocenters. The highest BCUT2D eigenvalue weighted by atomic mass is 14.4. The smallest absolute Gasteiger partial charge is 0.00890 e. The maximum absolute atomic E-state index is 7.35. The fraction of sp³-hybridized carbons (Fsp3) is 0.875. The van der Waals surface area contributed by atoms with Crippen LogP contribution in [0, 0.1) is 11.3 Å². The molecule has 0 aromatic rings.